The van der Waals surface area contributed by atoms with Crippen molar-refractivity contribution in [1.82, 2.24) is 0 Å². The van der Waals surface area contributed by atoms with E-state index in [2.05, 4.69) is 25.8 Å². The van der Waals surface area contributed by atoms with Gasteiger partial charge in [0.2, 0.25) is 0 Å². The third kappa shape index (κ3) is 9.73. The lowest BCUT2D eigenvalue weighted by Crippen LogP contribution is -2.07. The first kappa shape index (κ1) is 23.7. The molecular formula is C26H35NO3. The van der Waals surface area contributed by atoms with E-state index in [1.54, 1.807) is 12.1 Å². The third-order valence-corrected chi connectivity index (χ3v) is 4.74. The molecule has 4 nitrogen and oxygen atoms in total. The Morgan fingerprint density at radius 3 is 2.30 bits per heavy atom. The van der Waals surface area contributed by atoms with Gasteiger partial charge in [-0.25, -0.2) is 0 Å². The van der Waals surface area contributed by atoms with Crippen LogP contribution in [0.3, 0.4) is 0 Å². The van der Waals surface area contributed by atoms with Crippen molar-refractivity contribution in [3.05, 3.63) is 54.1 Å². The van der Waals surface area contributed by atoms with E-state index in [-0.39, 0.29) is 5.97 Å². The average Bonchev–Trinajstić information content (AvgIpc) is 2.74. The maximum Gasteiger partial charge on any atom is 0.311 e. The van der Waals surface area contributed by atoms with Crippen LogP contribution >= 0.6 is 0 Å². The number of carbonyl (C=O) groups is 1. The molecule has 0 fully saturated rings. The molecule has 0 aliphatic carbocycles. The fraction of sp³-hybridized carbons (Fsp3) is 0.462. The molecule has 0 aromatic heterocycles. The van der Waals surface area contributed by atoms with E-state index in [1.165, 1.54) is 19.3 Å². The Bertz CT molecular complexity index is 764. The fourth-order valence-electron chi connectivity index (χ4n) is 2.96. The molecule has 0 unspecified atom stereocenters. The molecule has 0 radical (unpaired) electrons. The molecule has 2 aromatic rings. The standard InChI is InChI=1S/C26H35NO3/c1-4-5-6-7-19-29-24-15-11-22(12-16-24)20-27-23-13-17-25(18-14-23)30-26(28)10-8-9-21(2)3/h11-18,20-21H,4-10,19H2,1-3H3. The Morgan fingerprint density at radius 2 is 1.63 bits per heavy atom. The highest BCUT2D eigenvalue weighted by molar-refractivity contribution is 5.82. The maximum absolute atomic E-state index is 11.9. The Balaban J connectivity index is 1.77. The third-order valence-electron chi connectivity index (χ3n) is 4.74. The first-order valence-corrected chi connectivity index (χ1v) is 11.1. The smallest absolute Gasteiger partial charge is 0.311 e. The van der Waals surface area contributed by atoms with Gasteiger partial charge in [-0.15, -0.1) is 0 Å². The molecule has 0 amide bonds. The molecule has 2 aromatic carbocycles. The molecule has 0 aliphatic rings. The van der Waals surface area contributed by atoms with Gasteiger partial charge >= 0.3 is 5.97 Å². The van der Waals surface area contributed by atoms with Crippen LogP contribution in [0.4, 0.5) is 5.69 Å². The van der Waals surface area contributed by atoms with Gasteiger partial charge in [0.1, 0.15) is 11.5 Å². The van der Waals surface area contributed by atoms with Crippen LogP contribution in [0, 0.1) is 5.92 Å². The second-order valence-corrected chi connectivity index (χ2v) is 7.99. The summed E-state index contributed by atoms with van der Waals surface area (Å²) in [7, 11) is 0. The number of hydrogen-bond donors (Lipinski definition) is 0. The molecule has 0 saturated heterocycles. The molecule has 30 heavy (non-hydrogen) atoms. The van der Waals surface area contributed by atoms with Gasteiger partial charge in [0, 0.05) is 12.6 Å². The van der Waals surface area contributed by atoms with Crippen molar-refractivity contribution in [2.24, 2.45) is 10.9 Å². The summed E-state index contributed by atoms with van der Waals surface area (Å²) in [5.41, 5.74) is 1.82. The number of benzene rings is 2. The first-order valence-electron chi connectivity index (χ1n) is 11.1. The molecule has 0 saturated carbocycles. The van der Waals surface area contributed by atoms with Crippen LogP contribution < -0.4 is 9.47 Å². The number of esters is 1. The van der Waals surface area contributed by atoms with E-state index in [0.717, 1.165) is 42.9 Å². The largest absolute Gasteiger partial charge is 0.494 e. The molecule has 0 atom stereocenters. The Morgan fingerprint density at radius 1 is 0.933 bits per heavy atom. The molecule has 0 bridgehead atoms. The van der Waals surface area contributed by atoms with Crippen LogP contribution in [0.1, 0.15) is 71.3 Å². The summed E-state index contributed by atoms with van der Waals surface area (Å²) in [5.74, 6) is 1.88. The zero-order chi connectivity index (χ0) is 21.6. The number of aliphatic imine (C=N–C) groups is 1. The number of unbranched alkanes of at least 4 members (excludes halogenated alkanes) is 3. The summed E-state index contributed by atoms with van der Waals surface area (Å²) in [4.78, 5) is 16.4. The summed E-state index contributed by atoms with van der Waals surface area (Å²) >= 11 is 0. The number of rotatable bonds is 13. The van der Waals surface area contributed by atoms with Crippen molar-refractivity contribution in [3.8, 4) is 11.5 Å². The first-order chi connectivity index (χ1) is 14.6. The minimum Gasteiger partial charge on any atom is -0.494 e. The van der Waals surface area contributed by atoms with Crippen LogP contribution in [0.25, 0.3) is 0 Å². The minimum absolute atomic E-state index is 0.181. The van der Waals surface area contributed by atoms with Gasteiger partial charge in [-0.1, -0.05) is 46.5 Å². The van der Waals surface area contributed by atoms with Gasteiger partial charge in [-0.05, 0) is 72.9 Å². The summed E-state index contributed by atoms with van der Waals surface area (Å²) in [6, 6.07) is 15.2. The molecular weight excluding hydrogens is 374 g/mol. The lowest BCUT2D eigenvalue weighted by molar-refractivity contribution is -0.134. The monoisotopic (exact) mass is 409 g/mol. The zero-order valence-electron chi connectivity index (χ0n) is 18.6. The summed E-state index contributed by atoms with van der Waals surface area (Å²) in [6.07, 6.45) is 8.99. The van der Waals surface area contributed by atoms with Gasteiger partial charge in [-0.2, -0.15) is 0 Å². The quantitative estimate of drug-likeness (QED) is 0.153. The molecule has 0 heterocycles. The summed E-state index contributed by atoms with van der Waals surface area (Å²) in [6.45, 7) is 7.28. The number of nitrogens with zero attached hydrogens (tertiary/aromatic N) is 1. The normalized spacial score (nSPS) is 11.2. The molecule has 0 N–H and O–H groups in total. The summed E-state index contributed by atoms with van der Waals surface area (Å²) < 4.78 is 11.1. The second kappa shape index (κ2) is 13.6. The van der Waals surface area contributed by atoms with Gasteiger partial charge in [-0.3, -0.25) is 9.79 Å². The second-order valence-electron chi connectivity index (χ2n) is 7.99. The van der Waals surface area contributed by atoms with Crippen molar-refractivity contribution < 1.29 is 14.3 Å². The Labute approximate surface area is 181 Å². The molecule has 162 valence electrons. The Hall–Kier alpha value is -2.62. The van der Waals surface area contributed by atoms with Crippen LogP contribution in [-0.4, -0.2) is 18.8 Å². The fourth-order valence-corrected chi connectivity index (χ4v) is 2.96. The van der Waals surface area contributed by atoms with Crippen molar-refractivity contribution >= 4 is 17.9 Å². The van der Waals surface area contributed by atoms with Gasteiger partial charge < -0.3 is 9.47 Å². The van der Waals surface area contributed by atoms with Crippen molar-refractivity contribution in [2.75, 3.05) is 6.61 Å². The van der Waals surface area contributed by atoms with Crippen molar-refractivity contribution in [1.29, 1.82) is 0 Å². The lowest BCUT2D eigenvalue weighted by Gasteiger charge is -2.06. The molecule has 2 rings (SSSR count). The highest BCUT2D eigenvalue weighted by atomic mass is 16.5. The number of hydrogen-bond acceptors (Lipinski definition) is 4. The molecule has 0 aliphatic heterocycles. The van der Waals surface area contributed by atoms with Crippen LogP contribution in [0.2, 0.25) is 0 Å². The number of carbonyl (C=O) groups excluding carboxylic acids is 1. The molecule has 0 spiro atoms. The summed E-state index contributed by atoms with van der Waals surface area (Å²) in [5, 5.41) is 0. The topological polar surface area (TPSA) is 47.9 Å². The van der Waals surface area contributed by atoms with E-state index in [0.29, 0.717) is 18.1 Å². The van der Waals surface area contributed by atoms with E-state index in [1.807, 2.05) is 42.6 Å². The highest BCUT2D eigenvalue weighted by Gasteiger charge is 2.05. The van der Waals surface area contributed by atoms with Crippen LogP contribution in [0.15, 0.2) is 53.5 Å². The number of ether oxygens (including phenoxy) is 2. The van der Waals surface area contributed by atoms with E-state index in [4.69, 9.17) is 9.47 Å². The maximum atomic E-state index is 11.9. The van der Waals surface area contributed by atoms with E-state index >= 15 is 0 Å². The average molecular weight is 410 g/mol. The minimum atomic E-state index is -0.181. The SMILES string of the molecule is CCCCCCOc1ccc(C=Nc2ccc(OC(=O)CCCC(C)C)cc2)cc1. The Kier molecular flexibility index (Phi) is 10.7. The highest BCUT2D eigenvalue weighted by Crippen LogP contribution is 2.19. The van der Waals surface area contributed by atoms with Gasteiger partial charge in [0.05, 0.1) is 12.3 Å². The van der Waals surface area contributed by atoms with Gasteiger partial charge in [0.15, 0.2) is 0 Å². The van der Waals surface area contributed by atoms with Crippen LogP contribution in [-0.2, 0) is 4.79 Å². The zero-order valence-corrected chi connectivity index (χ0v) is 18.6. The van der Waals surface area contributed by atoms with Crippen molar-refractivity contribution in [3.63, 3.8) is 0 Å². The van der Waals surface area contributed by atoms with Crippen molar-refractivity contribution in [2.45, 2.75) is 65.7 Å². The van der Waals surface area contributed by atoms with E-state index < -0.39 is 0 Å². The lowest BCUT2D eigenvalue weighted by atomic mass is 10.1. The predicted octanol–water partition coefficient (Wildman–Crippen LogP) is 7.13. The molecule has 4 heteroatoms. The van der Waals surface area contributed by atoms with Crippen LogP contribution in [0.5, 0.6) is 11.5 Å². The van der Waals surface area contributed by atoms with Gasteiger partial charge in [0.25, 0.3) is 0 Å². The predicted molar refractivity (Wildman–Crippen MR) is 124 cm³/mol. The van der Waals surface area contributed by atoms with E-state index in [9.17, 15) is 4.79 Å².